The Morgan fingerprint density at radius 2 is 1.83 bits per heavy atom. The first kappa shape index (κ1) is 20.5. The lowest BCUT2D eigenvalue weighted by molar-refractivity contribution is 0.0431. The summed E-state index contributed by atoms with van der Waals surface area (Å²) in [6.45, 7) is 1.24. The molecular weight excluding hydrogens is 394 g/mol. The molecule has 1 fully saturated rings. The fourth-order valence-corrected chi connectivity index (χ4v) is 4.72. The lowest BCUT2D eigenvalue weighted by Gasteiger charge is -2.15. The molecule has 1 aromatic heterocycles. The Labute approximate surface area is 180 Å². The number of amides is 1. The van der Waals surface area contributed by atoms with Crippen LogP contribution in [0.5, 0.6) is 0 Å². The average molecular weight is 420 g/mol. The Morgan fingerprint density at radius 1 is 1.03 bits per heavy atom. The molecule has 0 radical (unpaired) electrons. The smallest absolute Gasteiger partial charge is 0.261 e. The van der Waals surface area contributed by atoms with E-state index in [2.05, 4.69) is 53.8 Å². The van der Waals surface area contributed by atoms with Crippen molar-refractivity contribution >= 4 is 23.5 Å². The quantitative estimate of drug-likeness (QED) is 0.501. The lowest BCUT2D eigenvalue weighted by atomic mass is 10.0. The molecule has 1 aliphatic rings. The number of ether oxygens (including phenoxy) is 1. The van der Waals surface area contributed by atoms with Gasteiger partial charge in [0.15, 0.2) is 6.29 Å². The molecule has 4 nitrogen and oxygen atoms in total. The van der Waals surface area contributed by atoms with Crippen LogP contribution < -0.4 is 5.32 Å². The van der Waals surface area contributed by atoms with Crippen LogP contribution in [-0.4, -0.2) is 24.8 Å². The molecule has 1 amide bonds. The fraction of sp³-hybridized carbons (Fsp3) is 0.280. The van der Waals surface area contributed by atoms with E-state index in [1.54, 1.807) is 12.1 Å². The van der Waals surface area contributed by atoms with E-state index in [1.807, 2.05) is 6.07 Å². The summed E-state index contributed by atoms with van der Waals surface area (Å²) in [5.74, 6) is 0.322. The number of nitrogens with one attached hydrogen (secondary N) is 1. The molecule has 1 aliphatic carbocycles. The molecule has 1 heterocycles. The Hall–Kier alpha value is -2.76. The predicted octanol–water partition coefficient (Wildman–Crippen LogP) is 5.34. The number of carbonyl (C=O) groups is 2. The van der Waals surface area contributed by atoms with Crippen LogP contribution in [0.2, 0.25) is 0 Å². The maximum absolute atomic E-state index is 12.2. The minimum absolute atomic E-state index is 0.103. The zero-order valence-electron chi connectivity index (χ0n) is 16.8. The third-order valence-electron chi connectivity index (χ3n) is 5.59. The molecular formula is C25H25NO3S. The second kappa shape index (κ2) is 9.83. The molecule has 0 spiro atoms. The zero-order valence-corrected chi connectivity index (χ0v) is 17.6. The molecule has 2 aromatic carbocycles. The van der Waals surface area contributed by atoms with Crippen molar-refractivity contribution in [3.05, 3.63) is 82.0 Å². The second-order valence-corrected chi connectivity index (χ2v) is 8.78. The van der Waals surface area contributed by atoms with Crippen LogP contribution in [0.15, 0.2) is 66.7 Å². The molecule has 1 saturated carbocycles. The maximum atomic E-state index is 12.2. The van der Waals surface area contributed by atoms with Gasteiger partial charge in [-0.1, -0.05) is 54.6 Å². The SMILES string of the molecule is O=Cc1ccc(C(=O)NC[C@H]2CCC(OCc3ccccc3-c3ccccc3)C2)s1. The van der Waals surface area contributed by atoms with Gasteiger partial charge in [0, 0.05) is 6.54 Å². The van der Waals surface area contributed by atoms with Gasteiger partial charge in [-0.2, -0.15) is 0 Å². The first-order chi connectivity index (χ1) is 14.7. The van der Waals surface area contributed by atoms with Crippen molar-refractivity contribution in [3.63, 3.8) is 0 Å². The van der Waals surface area contributed by atoms with Crippen LogP contribution in [0, 0.1) is 5.92 Å². The molecule has 0 bridgehead atoms. The molecule has 0 aliphatic heterocycles. The van der Waals surface area contributed by atoms with Gasteiger partial charge in [0.25, 0.3) is 5.91 Å². The summed E-state index contributed by atoms with van der Waals surface area (Å²) in [5, 5.41) is 3.00. The monoisotopic (exact) mass is 419 g/mol. The third kappa shape index (κ3) is 5.04. The molecule has 1 N–H and O–H groups in total. The van der Waals surface area contributed by atoms with Gasteiger partial charge in [-0.25, -0.2) is 0 Å². The van der Waals surface area contributed by atoms with Crippen LogP contribution in [0.25, 0.3) is 11.1 Å². The minimum atomic E-state index is -0.103. The molecule has 30 heavy (non-hydrogen) atoms. The van der Waals surface area contributed by atoms with Gasteiger partial charge in [0.2, 0.25) is 0 Å². The summed E-state index contributed by atoms with van der Waals surface area (Å²) >= 11 is 1.22. The molecule has 1 unspecified atom stereocenters. The van der Waals surface area contributed by atoms with E-state index in [1.165, 1.54) is 28.0 Å². The van der Waals surface area contributed by atoms with Crippen molar-refractivity contribution in [1.29, 1.82) is 0 Å². The van der Waals surface area contributed by atoms with Crippen LogP contribution in [0.4, 0.5) is 0 Å². The third-order valence-corrected chi connectivity index (χ3v) is 6.60. The Kier molecular flexibility index (Phi) is 6.72. The summed E-state index contributed by atoms with van der Waals surface area (Å²) in [4.78, 5) is 24.2. The van der Waals surface area contributed by atoms with Gasteiger partial charge in [-0.05, 0) is 54.0 Å². The second-order valence-electron chi connectivity index (χ2n) is 7.67. The Balaban J connectivity index is 1.27. The van der Waals surface area contributed by atoms with Crippen molar-refractivity contribution in [2.45, 2.75) is 32.0 Å². The first-order valence-electron chi connectivity index (χ1n) is 10.3. The number of carbonyl (C=O) groups excluding carboxylic acids is 2. The van der Waals surface area contributed by atoms with Crippen molar-refractivity contribution in [2.75, 3.05) is 6.54 Å². The summed E-state index contributed by atoms with van der Waals surface area (Å²) < 4.78 is 6.24. The molecule has 3 aromatic rings. The summed E-state index contributed by atoms with van der Waals surface area (Å²) in [6, 6.07) is 22.2. The first-order valence-corrected chi connectivity index (χ1v) is 11.1. The van der Waals surface area contributed by atoms with Crippen molar-refractivity contribution in [3.8, 4) is 11.1 Å². The molecule has 2 atom stereocenters. The van der Waals surface area contributed by atoms with Gasteiger partial charge in [0.05, 0.1) is 22.5 Å². The zero-order chi connectivity index (χ0) is 20.8. The molecule has 0 saturated heterocycles. The van der Waals surface area contributed by atoms with Gasteiger partial charge >= 0.3 is 0 Å². The van der Waals surface area contributed by atoms with E-state index in [0.29, 0.717) is 28.8 Å². The van der Waals surface area contributed by atoms with Crippen molar-refractivity contribution in [1.82, 2.24) is 5.32 Å². The van der Waals surface area contributed by atoms with Crippen molar-refractivity contribution < 1.29 is 14.3 Å². The van der Waals surface area contributed by atoms with E-state index in [0.717, 1.165) is 25.5 Å². The van der Waals surface area contributed by atoms with E-state index in [-0.39, 0.29) is 12.0 Å². The van der Waals surface area contributed by atoms with Gasteiger partial charge in [-0.15, -0.1) is 11.3 Å². The minimum Gasteiger partial charge on any atom is -0.374 e. The highest BCUT2D eigenvalue weighted by molar-refractivity contribution is 7.15. The summed E-state index contributed by atoms with van der Waals surface area (Å²) in [5.41, 5.74) is 3.62. The number of benzene rings is 2. The number of rotatable bonds is 8. The highest BCUT2D eigenvalue weighted by Crippen LogP contribution is 2.30. The highest BCUT2D eigenvalue weighted by atomic mass is 32.1. The topological polar surface area (TPSA) is 55.4 Å². The van der Waals surface area contributed by atoms with Gasteiger partial charge in [-0.3, -0.25) is 9.59 Å². The molecule has 5 heteroatoms. The Bertz CT molecular complexity index is 998. The maximum Gasteiger partial charge on any atom is 0.261 e. The van der Waals surface area contributed by atoms with Gasteiger partial charge in [0.1, 0.15) is 0 Å². The van der Waals surface area contributed by atoms with Crippen molar-refractivity contribution in [2.24, 2.45) is 5.92 Å². The normalized spacial score (nSPS) is 18.3. The van der Waals surface area contributed by atoms with E-state index >= 15 is 0 Å². The predicted molar refractivity (Wildman–Crippen MR) is 120 cm³/mol. The standard InChI is InChI=1S/C25H25NO3S/c27-16-22-12-13-24(30-22)25(28)26-15-18-10-11-21(14-18)29-17-20-8-4-5-9-23(20)19-6-2-1-3-7-19/h1-9,12-13,16,18,21H,10-11,14-15,17H2,(H,26,28)/t18-,21?/m0/s1. The molecule has 4 rings (SSSR count). The lowest BCUT2D eigenvalue weighted by Crippen LogP contribution is -2.28. The highest BCUT2D eigenvalue weighted by Gasteiger charge is 2.26. The Morgan fingerprint density at radius 3 is 2.63 bits per heavy atom. The largest absolute Gasteiger partial charge is 0.374 e. The van der Waals surface area contributed by atoms with E-state index < -0.39 is 0 Å². The van der Waals surface area contributed by atoms with Crippen LogP contribution in [0.3, 0.4) is 0 Å². The van der Waals surface area contributed by atoms with E-state index in [9.17, 15) is 9.59 Å². The van der Waals surface area contributed by atoms with Crippen LogP contribution >= 0.6 is 11.3 Å². The number of thiophene rings is 1. The van der Waals surface area contributed by atoms with Crippen LogP contribution in [-0.2, 0) is 11.3 Å². The summed E-state index contributed by atoms with van der Waals surface area (Å²) in [7, 11) is 0. The van der Waals surface area contributed by atoms with Gasteiger partial charge < -0.3 is 10.1 Å². The number of aldehydes is 1. The summed E-state index contributed by atoms with van der Waals surface area (Å²) in [6.07, 6.45) is 4.02. The number of hydrogen-bond acceptors (Lipinski definition) is 4. The molecule has 154 valence electrons. The van der Waals surface area contributed by atoms with Crippen LogP contribution in [0.1, 0.15) is 44.2 Å². The fourth-order valence-electron chi connectivity index (χ4n) is 3.98. The van der Waals surface area contributed by atoms with E-state index in [4.69, 9.17) is 4.74 Å². The number of hydrogen-bond donors (Lipinski definition) is 1. The average Bonchev–Trinajstić information content (AvgIpc) is 3.46.